The Hall–Kier alpha value is -1.25. The van der Waals surface area contributed by atoms with E-state index in [-0.39, 0.29) is 0 Å². The summed E-state index contributed by atoms with van der Waals surface area (Å²) < 4.78 is 0. The first kappa shape index (κ1) is 15.1. The first-order valence-corrected chi connectivity index (χ1v) is 7.48. The maximum Gasteiger partial charge on any atom is 0.154 e. The second-order valence-corrected chi connectivity index (χ2v) is 5.61. The third-order valence-electron chi connectivity index (χ3n) is 3.31. The quantitative estimate of drug-likeness (QED) is 0.774. The molecule has 0 saturated carbocycles. The van der Waals surface area contributed by atoms with Gasteiger partial charge in [-0.05, 0) is 37.0 Å². The molecule has 2 rings (SSSR count). The molecule has 0 amide bonds. The Labute approximate surface area is 130 Å². The molecule has 1 unspecified atom stereocenters. The summed E-state index contributed by atoms with van der Waals surface area (Å²) >= 11 is 12.1. The minimum atomic E-state index is 0.316. The van der Waals surface area contributed by atoms with Gasteiger partial charge < -0.3 is 5.32 Å². The molecule has 0 saturated heterocycles. The average Bonchev–Trinajstić information content (AvgIpc) is 2.42. The summed E-state index contributed by atoms with van der Waals surface area (Å²) in [5.74, 6) is 0. The minimum absolute atomic E-state index is 0.316. The lowest BCUT2D eigenvalue weighted by molar-refractivity contribution is 0.689. The van der Waals surface area contributed by atoms with Crippen LogP contribution in [0.25, 0.3) is 0 Å². The van der Waals surface area contributed by atoms with Crippen molar-refractivity contribution >= 4 is 28.9 Å². The van der Waals surface area contributed by atoms with Gasteiger partial charge in [0.05, 0.1) is 5.69 Å². The molecular weight excluding hydrogens is 291 g/mol. The number of hydrogen-bond donors (Lipinski definition) is 1. The summed E-state index contributed by atoms with van der Waals surface area (Å²) in [7, 11) is 0. The van der Waals surface area contributed by atoms with Crippen LogP contribution >= 0.6 is 23.2 Å². The molecule has 0 aliphatic heterocycles. The van der Waals surface area contributed by atoms with E-state index in [2.05, 4.69) is 41.5 Å². The fourth-order valence-electron chi connectivity index (χ4n) is 2.17. The molecule has 0 radical (unpaired) electrons. The van der Waals surface area contributed by atoms with Crippen molar-refractivity contribution < 1.29 is 0 Å². The molecule has 1 N–H and O–H groups in total. The molecule has 1 aromatic heterocycles. The molecule has 0 spiro atoms. The molecule has 2 aromatic rings. The summed E-state index contributed by atoms with van der Waals surface area (Å²) in [6, 6.07) is 12.6. The van der Waals surface area contributed by atoms with Gasteiger partial charge >= 0.3 is 0 Å². The summed E-state index contributed by atoms with van der Waals surface area (Å²) in [4.78, 5) is 4.10. The highest BCUT2D eigenvalue weighted by molar-refractivity contribution is 6.34. The molecule has 20 heavy (non-hydrogen) atoms. The summed E-state index contributed by atoms with van der Waals surface area (Å²) in [5.41, 5.74) is 3.20. The van der Waals surface area contributed by atoms with Crippen LogP contribution in [-0.2, 0) is 6.42 Å². The molecule has 1 atom stereocenters. The van der Waals surface area contributed by atoms with Crippen molar-refractivity contribution in [2.45, 2.75) is 32.7 Å². The lowest BCUT2D eigenvalue weighted by Gasteiger charge is -2.20. The van der Waals surface area contributed by atoms with Crippen LogP contribution in [0.2, 0.25) is 10.3 Å². The highest BCUT2D eigenvalue weighted by Crippen LogP contribution is 2.27. The zero-order valence-electron chi connectivity index (χ0n) is 11.7. The molecule has 106 valence electrons. The van der Waals surface area contributed by atoms with Crippen LogP contribution in [0, 0.1) is 6.92 Å². The highest BCUT2D eigenvalue weighted by Gasteiger charge is 2.13. The van der Waals surface area contributed by atoms with Crippen molar-refractivity contribution in [2.75, 3.05) is 5.32 Å². The number of pyridine rings is 1. The predicted molar refractivity (Wildman–Crippen MR) is 86.8 cm³/mol. The number of anilines is 1. The number of hydrogen-bond acceptors (Lipinski definition) is 2. The molecule has 1 aromatic carbocycles. The average molecular weight is 309 g/mol. The summed E-state index contributed by atoms with van der Waals surface area (Å²) in [6.07, 6.45) is 1.96. The zero-order chi connectivity index (χ0) is 14.5. The fraction of sp³-hybridized carbons (Fsp3) is 0.312. The van der Waals surface area contributed by atoms with E-state index in [9.17, 15) is 0 Å². The first-order valence-electron chi connectivity index (χ1n) is 6.73. The maximum absolute atomic E-state index is 6.18. The van der Waals surface area contributed by atoms with Gasteiger partial charge in [0, 0.05) is 6.04 Å². The van der Waals surface area contributed by atoms with Gasteiger partial charge in [-0.3, -0.25) is 0 Å². The Kier molecular flexibility index (Phi) is 5.27. The SMILES string of the molecule is CCC(Cc1ccccc1)Nc1c(C)cc(Cl)nc1Cl. The Morgan fingerprint density at radius 1 is 1.20 bits per heavy atom. The van der Waals surface area contributed by atoms with Gasteiger partial charge in [-0.1, -0.05) is 60.5 Å². The Balaban J connectivity index is 2.15. The van der Waals surface area contributed by atoms with Gasteiger partial charge in [-0.15, -0.1) is 0 Å². The Morgan fingerprint density at radius 3 is 2.50 bits per heavy atom. The van der Waals surface area contributed by atoms with E-state index in [4.69, 9.17) is 23.2 Å². The van der Waals surface area contributed by atoms with Crippen LogP contribution < -0.4 is 5.32 Å². The molecular formula is C16H18Cl2N2. The topological polar surface area (TPSA) is 24.9 Å². The van der Waals surface area contributed by atoms with Crippen LogP contribution in [0.4, 0.5) is 5.69 Å². The Morgan fingerprint density at radius 2 is 1.90 bits per heavy atom. The van der Waals surface area contributed by atoms with Gasteiger partial charge in [-0.2, -0.15) is 0 Å². The molecule has 1 heterocycles. The zero-order valence-corrected chi connectivity index (χ0v) is 13.2. The molecule has 2 nitrogen and oxygen atoms in total. The van der Waals surface area contributed by atoms with Crippen molar-refractivity contribution in [3.05, 3.63) is 57.8 Å². The molecule has 0 fully saturated rings. The van der Waals surface area contributed by atoms with Crippen LogP contribution in [0.1, 0.15) is 24.5 Å². The van der Waals surface area contributed by atoms with Crippen LogP contribution in [-0.4, -0.2) is 11.0 Å². The van der Waals surface area contributed by atoms with Crippen LogP contribution in [0.15, 0.2) is 36.4 Å². The minimum Gasteiger partial charge on any atom is -0.379 e. The highest BCUT2D eigenvalue weighted by atomic mass is 35.5. The largest absolute Gasteiger partial charge is 0.379 e. The van der Waals surface area contributed by atoms with Gasteiger partial charge in [-0.25, -0.2) is 4.98 Å². The number of benzene rings is 1. The number of rotatable bonds is 5. The van der Waals surface area contributed by atoms with E-state index in [1.54, 1.807) is 0 Å². The van der Waals surface area contributed by atoms with Gasteiger partial charge in [0.2, 0.25) is 0 Å². The van der Waals surface area contributed by atoms with Gasteiger partial charge in [0.25, 0.3) is 0 Å². The third-order valence-corrected chi connectivity index (χ3v) is 3.77. The third kappa shape index (κ3) is 3.87. The number of aromatic nitrogens is 1. The fourth-order valence-corrected chi connectivity index (χ4v) is 2.76. The molecule has 0 aliphatic rings. The van der Waals surface area contributed by atoms with Gasteiger partial charge in [0.1, 0.15) is 5.15 Å². The standard InChI is InChI=1S/C16H18Cl2N2/c1-3-13(10-12-7-5-4-6-8-12)19-15-11(2)9-14(17)20-16(15)18/h4-9,13,19H,3,10H2,1-2H3. The van der Waals surface area contributed by atoms with E-state index in [0.717, 1.165) is 24.1 Å². The van der Waals surface area contributed by atoms with E-state index in [1.165, 1.54) is 5.56 Å². The number of aryl methyl sites for hydroxylation is 1. The van der Waals surface area contributed by atoms with Crippen molar-refractivity contribution in [3.8, 4) is 0 Å². The van der Waals surface area contributed by atoms with Crippen LogP contribution in [0.5, 0.6) is 0 Å². The smallest absolute Gasteiger partial charge is 0.154 e. The van der Waals surface area contributed by atoms with Crippen molar-refractivity contribution in [2.24, 2.45) is 0 Å². The summed E-state index contributed by atoms with van der Waals surface area (Å²) in [6.45, 7) is 4.14. The lowest BCUT2D eigenvalue weighted by atomic mass is 10.0. The first-order chi connectivity index (χ1) is 9.60. The summed E-state index contributed by atoms with van der Waals surface area (Å²) in [5, 5.41) is 4.34. The van der Waals surface area contributed by atoms with Gasteiger partial charge in [0.15, 0.2) is 5.15 Å². The van der Waals surface area contributed by atoms with Crippen molar-refractivity contribution in [1.82, 2.24) is 4.98 Å². The maximum atomic E-state index is 6.18. The Bertz CT molecular complexity index is 547. The van der Waals surface area contributed by atoms with Crippen molar-refractivity contribution in [1.29, 1.82) is 0 Å². The van der Waals surface area contributed by atoms with E-state index in [0.29, 0.717) is 16.3 Å². The monoisotopic (exact) mass is 308 g/mol. The van der Waals surface area contributed by atoms with Crippen molar-refractivity contribution in [3.63, 3.8) is 0 Å². The number of nitrogens with one attached hydrogen (secondary N) is 1. The van der Waals surface area contributed by atoms with E-state index >= 15 is 0 Å². The normalized spacial score (nSPS) is 12.2. The van der Waals surface area contributed by atoms with Crippen LogP contribution in [0.3, 0.4) is 0 Å². The van der Waals surface area contributed by atoms with E-state index < -0.39 is 0 Å². The predicted octanol–water partition coefficient (Wildman–Crippen LogP) is 5.13. The molecule has 0 bridgehead atoms. The lowest BCUT2D eigenvalue weighted by Crippen LogP contribution is -2.22. The van der Waals surface area contributed by atoms with E-state index in [1.807, 2.05) is 19.1 Å². The number of halogens is 2. The number of nitrogens with zero attached hydrogens (tertiary/aromatic N) is 1. The second-order valence-electron chi connectivity index (χ2n) is 4.87. The second kappa shape index (κ2) is 6.96. The molecule has 4 heteroatoms. The molecule has 0 aliphatic carbocycles.